The van der Waals surface area contributed by atoms with Crippen LogP contribution in [-0.2, 0) is 14.3 Å². The summed E-state index contributed by atoms with van der Waals surface area (Å²) in [6, 6.07) is 4.39. The monoisotopic (exact) mass is 517 g/mol. The molecule has 1 aromatic carbocycles. The first-order chi connectivity index (χ1) is 17.0. The number of nitrogens with one attached hydrogen (secondary N) is 2. The summed E-state index contributed by atoms with van der Waals surface area (Å²) in [6.07, 6.45) is 7.31. The molecule has 0 saturated heterocycles. The highest BCUT2D eigenvalue weighted by Gasteiger charge is 2.42. The third-order valence-corrected chi connectivity index (χ3v) is 7.46. The maximum absolute atomic E-state index is 14.0. The molecule has 0 aliphatic heterocycles. The van der Waals surface area contributed by atoms with Crippen molar-refractivity contribution in [1.29, 1.82) is 0 Å². The largest absolute Gasteiger partial charge is 0.444 e. The fourth-order valence-electron chi connectivity index (χ4n) is 5.07. The molecular weight excluding hydrogens is 474 g/mol. The number of hydrogen-bond donors (Lipinski definition) is 3. The van der Waals surface area contributed by atoms with Gasteiger partial charge in [-0.2, -0.15) is 12.6 Å². The average molecular weight is 518 g/mol. The minimum atomic E-state index is -0.903. The molecule has 0 bridgehead atoms. The second-order valence-corrected chi connectivity index (χ2v) is 11.7. The van der Waals surface area contributed by atoms with E-state index < -0.39 is 23.8 Å². The van der Waals surface area contributed by atoms with Crippen LogP contribution in [0.5, 0.6) is 0 Å². The number of ether oxygens (including phenoxy) is 1. The fourth-order valence-corrected chi connectivity index (χ4v) is 5.32. The van der Waals surface area contributed by atoms with Crippen LogP contribution in [0.15, 0.2) is 18.2 Å². The van der Waals surface area contributed by atoms with Gasteiger partial charge < -0.3 is 20.3 Å². The molecule has 7 nitrogen and oxygen atoms in total. The van der Waals surface area contributed by atoms with Gasteiger partial charge in [-0.3, -0.25) is 9.59 Å². The molecule has 2 aliphatic carbocycles. The van der Waals surface area contributed by atoms with E-state index in [4.69, 9.17) is 4.74 Å². The number of alkyl carbamates (subject to hydrolysis) is 1. The van der Waals surface area contributed by atoms with E-state index in [1.54, 1.807) is 25.7 Å². The molecule has 2 atom stereocenters. The first-order valence-corrected chi connectivity index (χ1v) is 13.9. The van der Waals surface area contributed by atoms with E-state index in [1.165, 1.54) is 6.42 Å². The number of nitrogens with zero attached hydrogens (tertiary/aromatic N) is 1. The molecule has 36 heavy (non-hydrogen) atoms. The van der Waals surface area contributed by atoms with Crippen molar-refractivity contribution in [2.75, 3.05) is 5.75 Å². The second-order valence-electron chi connectivity index (χ2n) is 11.3. The van der Waals surface area contributed by atoms with Gasteiger partial charge in [-0.1, -0.05) is 43.0 Å². The van der Waals surface area contributed by atoms with Crippen molar-refractivity contribution in [2.45, 2.75) is 116 Å². The van der Waals surface area contributed by atoms with Crippen LogP contribution in [0.3, 0.4) is 0 Å². The lowest BCUT2D eigenvalue weighted by atomic mass is 9.87. The van der Waals surface area contributed by atoms with Crippen LogP contribution in [-0.4, -0.2) is 52.3 Å². The Balaban J connectivity index is 1.95. The van der Waals surface area contributed by atoms with Crippen LogP contribution in [0.4, 0.5) is 4.79 Å². The first kappa shape index (κ1) is 28.4. The summed E-state index contributed by atoms with van der Waals surface area (Å²) in [6.45, 7) is 9.33. The van der Waals surface area contributed by atoms with Crippen LogP contribution in [0.1, 0.15) is 94.9 Å². The van der Waals surface area contributed by atoms with Gasteiger partial charge in [0.25, 0.3) is 0 Å². The molecule has 2 fully saturated rings. The molecule has 2 unspecified atom stereocenters. The lowest BCUT2D eigenvalue weighted by molar-refractivity contribution is -0.147. The van der Waals surface area contributed by atoms with E-state index >= 15 is 0 Å². The number of rotatable bonds is 8. The minimum absolute atomic E-state index is 0.0665. The molecule has 0 radical (unpaired) electrons. The Morgan fingerprint density at radius 1 is 1.06 bits per heavy atom. The average Bonchev–Trinajstić information content (AvgIpc) is 2.76. The summed E-state index contributed by atoms with van der Waals surface area (Å²) in [5.74, 6) is -0.348. The highest BCUT2D eigenvalue weighted by Crippen LogP contribution is 2.35. The summed E-state index contributed by atoms with van der Waals surface area (Å²) < 4.78 is 5.39. The van der Waals surface area contributed by atoms with Gasteiger partial charge in [-0.25, -0.2) is 4.79 Å². The molecule has 200 valence electrons. The number of thiol groups is 1. The Hall–Kier alpha value is -2.22. The van der Waals surface area contributed by atoms with Crippen molar-refractivity contribution < 1.29 is 19.1 Å². The number of carbonyl (C=O) groups is 3. The zero-order valence-electron chi connectivity index (χ0n) is 22.4. The fraction of sp³-hybridized carbons (Fsp3) is 0.679. The number of hydrogen-bond acceptors (Lipinski definition) is 5. The molecular formula is C28H43N3O4S. The SMILES string of the molecule is Cc1ccc(C(C(=O)NC2CCCCC2)N(C(=O)C(CS)NC(=O)OC(C)(C)C)C2CCC2)c(C)c1. The summed E-state index contributed by atoms with van der Waals surface area (Å²) in [7, 11) is 0. The van der Waals surface area contributed by atoms with Gasteiger partial charge in [0.15, 0.2) is 0 Å². The Labute approximate surface area is 221 Å². The van der Waals surface area contributed by atoms with Gasteiger partial charge >= 0.3 is 6.09 Å². The number of carbonyl (C=O) groups excluding carboxylic acids is 3. The number of benzene rings is 1. The van der Waals surface area contributed by atoms with Gasteiger partial charge in [-0.05, 0) is 77.8 Å². The van der Waals surface area contributed by atoms with Crippen molar-refractivity contribution in [1.82, 2.24) is 15.5 Å². The second kappa shape index (κ2) is 12.3. The van der Waals surface area contributed by atoms with Crippen molar-refractivity contribution in [3.8, 4) is 0 Å². The Morgan fingerprint density at radius 2 is 1.72 bits per heavy atom. The molecule has 0 aromatic heterocycles. The van der Waals surface area contributed by atoms with Crippen LogP contribution in [0.2, 0.25) is 0 Å². The van der Waals surface area contributed by atoms with E-state index in [0.29, 0.717) is 0 Å². The van der Waals surface area contributed by atoms with Crippen molar-refractivity contribution in [3.63, 3.8) is 0 Å². The van der Waals surface area contributed by atoms with Crippen molar-refractivity contribution in [2.24, 2.45) is 0 Å². The van der Waals surface area contributed by atoms with Crippen molar-refractivity contribution >= 4 is 30.5 Å². The Bertz CT molecular complexity index is 935. The molecule has 8 heteroatoms. The van der Waals surface area contributed by atoms with E-state index in [0.717, 1.165) is 61.6 Å². The van der Waals surface area contributed by atoms with E-state index in [-0.39, 0.29) is 29.7 Å². The third-order valence-electron chi connectivity index (χ3n) is 7.09. The maximum Gasteiger partial charge on any atom is 0.408 e. The third kappa shape index (κ3) is 7.40. The zero-order chi connectivity index (χ0) is 26.5. The molecule has 2 N–H and O–H groups in total. The lowest BCUT2D eigenvalue weighted by Gasteiger charge is -2.44. The van der Waals surface area contributed by atoms with Crippen LogP contribution in [0, 0.1) is 13.8 Å². The minimum Gasteiger partial charge on any atom is -0.444 e. The zero-order valence-corrected chi connectivity index (χ0v) is 23.3. The smallest absolute Gasteiger partial charge is 0.408 e. The lowest BCUT2D eigenvalue weighted by Crippen LogP contribution is -2.58. The molecule has 3 rings (SSSR count). The molecule has 0 spiro atoms. The number of aryl methyl sites for hydroxylation is 2. The van der Waals surface area contributed by atoms with E-state index in [2.05, 4.69) is 29.3 Å². The van der Waals surface area contributed by atoms with Gasteiger partial charge in [0.1, 0.15) is 17.7 Å². The van der Waals surface area contributed by atoms with Crippen LogP contribution < -0.4 is 10.6 Å². The Kier molecular flexibility index (Phi) is 9.72. The normalized spacial score (nSPS) is 18.5. The van der Waals surface area contributed by atoms with Gasteiger partial charge in [0, 0.05) is 17.8 Å². The van der Waals surface area contributed by atoms with Crippen LogP contribution in [0.25, 0.3) is 0 Å². The van der Waals surface area contributed by atoms with Gasteiger partial charge in [0.05, 0.1) is 0 Å². The molecule has 2 saturated carbocycles. The highest BCUT2D eigenvalue weighted by atomic mass is 32.1. The van der Waals surface area contributed by atoms with Crippen LogP contribution >= 0.6 is 12.6 Å². The molecule has 3 amide bonds. The van der Waals surface area contributed by atoms with Crippen molar-refractivity contribution in [3.05, 3.63) is 34.9 Å². The quantitative estimate of drug-likeness (QED) is 0.424. The summed E-state index contributed by atoms with van der Waals surface area (Å²) >= 11 is 4.38. The standard InChI is InChI=1S/C28H43N3O4S/c1-18-14-15-22(19(2)16-18)24(25(32)29-20-10-7-6-8-11-20)31(21-12-9-13-21)26(33)23(17-36)30-27(34)35-28(3,4)5/h14-16,20-21,23-24,36H,6-13,17H2,1-5H3,(H,29,32)(H,30,34). The highest BCUT2D eigenvalue weighted by molar-refractivity contribution is 7.80. The predicted octanol–water partition coefficient (Wildman–Crippen LogP) is 5.00. The first-order valence-electron chi connectivity index (χ1n) is 13.3. The topological polar surface area (TPSA) is 87.7 Å². The van der Waals surface area contributed by atoms with E-state index in [9.17, 15) is 14.4 Å². The summed E-state index contributed by atoms with van der Waals surface area (Å²) in [4.78, 5) is 42.2. The Morgan fingerprint density at radius 3 is 2.25 bits per heavy atom. The number of amides is 3. The van der Waals surface area contributed by atoms with Gasteiger partial charge in [-0.15, -0.1) is 0 Å². The molecule has 2 aliphatic rings. The maximum atomic E-state index is 14.0. The predicted molar refractivity (Wildman–Crippen MR) is 145 cm³/mol. The summed E-state index contributed by atoms with van der Waals surface area (Å²) in [5.41, 5.74) is 2.20. The molecule has 1 aromatic rings. The molecule has 0 heterocycles. The van der Waals surface area contributed by atoms with Gasteiger partial charge in [0.2, 0.25) is 11.8 Å². The van der Waals surface area contributed by atoms with E-state index in [1.807, 2.05) is 26.0 Å². The summed E-state index contributed by atoms with van der Waals surface area (Å²) in [5, 5.41) is 5.96.